The summed E-state index contributed by atoms with van der Waals surface area (Å²) in [6.07, 6.45) is 1.27. The van der Waals surface area contributed by atoms with Gasteiger partial charge in [0, 0.05) is 103 Å². The van der Waals surface area contributed by atoms with Crippen LogP contribution in [0, 0.1) is 6.92 Å². The number of aliphatic hydroxyl groups is 1. The number of hydrogen-bond donors (Lipinski definition) is 3. The monoisotopic (exact) mass is 1040 g/mol. The fraction of sp³-hybridized carbons (Fsp3) is 0.320. The van der Waals surface area contributed by atoms with E-state index in [2.05, 4.69) is 47.5 Å². The lowest BCUT2D eigenvalue weighted by atomic mass is 10.00. The molecule has 8 rings (SSSR count). The predicted octanol–water partition coefficient (Wildman–Crippen LogP) is 10.8. The largest absolute Gasteiger partial charge is 0.501 e. The second kappa shape index (κ2) is 21.2. The zero-order valence-electron chi connectivity index (χ0n) is 38.0. The third-order valence-electron chi connectivity index (χ3n) is 12.8. The topological polar surface area (TPSA) is 127 Å². The van der Waals surface area contributed by atoms with Gasteiger partial charge in [0.05, 0.1) is 27.4 Å². The number of sulfone groups is 1. The molecule has 2 aliphatic heterocycles. The van der Waals surface area contributed by atoms with Gasteiger partial charge in [-0.2, -0.15) is 13.2 Å². The van der Waals surface area contributed by atoms with Crippen LogP contribution < -0.4 is 19.8 Å². The Balaban J connectivity index is 0.951. The highest BCUT2D eigenvalue weighted by molar-refractivity contribution is 7.99. The number of aliphatic hydroxyl groups excluding tert-OH is 1. The van der Waals surface area contributed by atoms with Crippen molar-refractivity contribution in [1.29, 1.82) is 0 Å². The highest BCUT2D eigenvalue weighted by Crippen LogP contribution is 2.43. The van der Waals surface area contributed by atoms with Crippen molar-refractivity contribution in [2.75, 3.05) is 71.4 Å². The summed E-state index contributed by atoms with van der Waals surface area (Å²) in [5.41, 5.74) is 0.849. The Morgan fingerprint density at radius 1 is 0.768 bits per heavy atom. The van der Waals surface area contributed by atoms with E-state index in [0.29, 0.717) is 86.9 Å². The Morgan fingerprint density at radius 3 is 2.07 bits per heavy atom. The van der Waals surface area contributed by atoms with E-state index in [1.165, 1.54) is 11.8 Å². The van der Waals surface area contributed by atoms with E-state index in [-0.39, 0.29) is 17.5 Å². The van der Waals surface area contributed by atoms with Crippen LogP contribution in [-0.4, -0.2) is 101 Å². The third-order valence-corrected chi connectivity index (χ3v) is 17.6. The average Bonchev–Trinajstić information content (AvgIpc) is 3.56. The van der Waals surface area contributed by atoms with Crippen LogP contribution in [0.4, 0.5) is 35.9 Å². The lowest BCUT2D eigenvalue weighted by Gasteiger charge is -2.37. The summed E-state index contributed by atoms with van der Waals surface area (Å²) in [5.74, 6) is 0.379. The molecule has 2 saturated heterocycles. The van der Waals surface area contributed by atoms with E-state index in [4.69, 9.17) is 23.2 Å². The standard InChI is InChI=1S/C50H53Cl2F3N6O5S3/c1-34-48(52)47(49(58(34)2)35-11-13-37(51)14-12-35)36-7-6-8-41(31-36)61-29-27-60(28-30-61)40-17-15-38(16-18-40)57-69(65,66)44-19-20-45(46(32-44)68(63,64)50(53,54)55)56-39(33-67-43-9-4-3-5-10-43)21-24-59-25-22-42(62)23-26-59/h3-20,31-32,39,42,56-57,62H,21-30,33H2,1-2H3/t39-/m1/s1. The Hall–Kier alpha value is -4.88. The van der Waals surface area contributed by atoms with Crippen LogP contribution >= 0.6 is 35.0 Å². The molecule has 366 valence electrons. The van der Waals surface area contributed by atoms with Crippen LogP contribution in [0.1, 0.15) is 25.0 Å². The minimum atomic E-state index is -6.01. The summed E-state index contributed by atoms with van der Waals surface area (Å²) in [6.45, 7) is 6.60. The van der Waals surface area contributed by atoms with Crippen LogP contribution in [0.5, 0.6) is 0 Å². The van der Waals surface area contributed by atoms with Gasteiger partial charge < -0.3 is 29.7 Å². The second-order valence-electron chi connectivity index (χ2n) is 17.3. The molecule has 69 heavy (non-hydrogen) atoms. The van der Waals surface area contributed by atoms with Gasteiger partial charge in [-0.15, -0.1) is 11.8 Å². The molecule has 2 aliphatic rings. The number of aromatic nitrogens is 1. The summed E-state index contributed by atoms with van der Waals surface area (Å²) in [5, 5.41) is 14.3. The first-order valence-electron chi connectivity index (χ1n) is 22.5. The second-order valence-corrected chi connectivity index (χ2v) is 22.8. The van der Waals surface area contributed by atoms with Crippen molar-refractivity contribution in [3.05, 3.63) is 137 Å². The third kappa shape index (κ3) is 11.7. The molecule has 19 heteroatoms. The molecule has 1 atom stereocenters. The molecule has 5 aromatic carbocycles. The number of piperazine rings is 1. The van der Waals surface area contributed by atoms with Crippen molar-refractivity contribution < 1.29 is 35.1 Å². The normalized spacial score (nSPS) is 15.9. The molecule has 11 nitrogen and oxygen atoms in total. The van der Waals surface area contributed by atoms with Gasteiger partial charge in [-0.1, -0.05) is 65.7 Å². The summed E-state index contributed by atoms with van der Waals surface area (Å²) in [4.78, 5) is 5.72. The quantitative estimate of drug-likeness (QED) is 0.0807. The van der Waals surface area contributed by atoms with Crippen molar-refractivity contribution in [2.24, 2.45) is 7.05 Å². The van der Waals surface area contributed by atoms with Crippen molar-refractivity contribution in [3.63, 3.8) is 0 Å². The molecule has 3 heterocycles. The predicted molar refractivity (Wildman–Crippen MR) is 273 cm³/mol. The van der Waals surface area contributed by atoms with Gasteiger partial charge in [0.25, 0.3) is 19.9 Å². The zero-order valence-corrected chi connectivity index (χ0v) is 41.9. The van der Waals surface area contributed by atoms with Crippen LogP contribution in [0.2, 0.25) is 10.0 Å². The smallest absolute Gasteiger partial charge is 0.393 e. The number of sulfonamides is 1. The first kappa shape index (κ1) is 50.5. The SMILES string of the molecule is Cc1c(Cl)c(-c2cccc(N3CCN(c4ccc(NS(=O)(=O)c5ccc(N[C@H](CCN6CCC(O)CC6)CSc6ccccc6)c(S(=O)(=O)C(F)(F)F)c5)cc4)CC3)c2)c(-c2ccc(Cl)cc2)n1C. The molecular formula is C50H53Cl2F3N6O5S3. The Kier molecular flexibility index (Phi) is 15.5. The van der Waals surface area contributed by atoms with E-state index < -0.39 is 41.2 Å². The van der Waals surface area contributed by atoms with Gasteiger partial charge in [0.1, 0.15) is 4.90 Å². The number of rotatable bonds is 16. The summed E-state index contributed by atoms with van der Waals surface area (Å²) in [7, 11) is -8.57. The minimum Gasteiger partial charge on any atom is -0.393 e. The highest BCUT2D eigenvalue weighted by Gasteiger charge is 2.48. The van der Waals surface area contributed by atoms with Crippen molar-refractivity contribution >= 4 is 77.6 Å². The molecule has 2 fully saturated rings. The molecule has 0 unspecified atom stereocenters. The molecule has 1 aromatic heterocycles. The van der Waals surface area contributed by atoms with Gasteiger partial charge >= 0.3 is 5.51 Å². The summed E-state index contributed by atoms with van der Waals surface area (Å²) >= 11 is 14.6. The maximum absolute atomic E-state index is 14.3. The Labute approximate surface area is 416 Å². The number of thioether (sulfide) groups is 1. The van der Waals surface area contributed by atoms with Gasteiger partial charge in [-0.05, 0) is 116 Å². The molecule has 0 radical (unpaired) electrons. The molecule has 6 aromatic rings. The molecule has 0 saturated carbocycles. The van der Waals surface area contributed by atoms with Crippen LogP contribution in [0.15, 0.2) is 136 Å². The van der Waals surface area contributed by atoms with Gasteiger partial charge in [-0.25, -0.2) is 16.8 Å². The summed E-state index contributed by atoms with van der Waals surface area (Å²) < 4.78 is 101. The van der Waals surface area contributed by atoms with Gasteiger partial charge in [0.15, 0.2) is 0 Å². The summed E-state index contributed by atoms with van der Waals surface area (Å²) in [6, 6.07) is 34.3. The zero-order chi connectivity index (χ0) is 49.1. The van der Waals surface area contributed by atoms with E-state index in [0.717, 1.165) is 56.5 Å². The Bertz CT molecular complexity index is 2970. The number of nitrogens with one attached hydrogen (secondary N) is 2. The number of halogens is 5. The van der Waals surface area contributed by atoms with Crippen molar-refractivity contribution in [1.82, 2.24) is 9.47 Å². The maximum atomic E-state index is 14.3. The van der Waals surface area contributed by atoms with Crippen molar-refractivity contribution in [3.8, 4) is 22.4 Å². The van der Waals surface area contributed by atoms with E-state index in [1.807, 2.05) is 74.6 Å². The Morgan fingerprint density at radius 2 is 1.42 bits per heavy atom. The molecule has 0 amide bonds. The van der Waals surface area contributed by atoms with E-state index in [9.17, 15) is 35.1 Å². The fourth-order valence-corrected chi connectivity index (χ4v) is 12.3. The van der Waals surface area contributed by atoms with Crippen LogP contribution in [0.3, 0.4) is 0 Å². The molecular weight excluding hydrogens is 989 g/mol. The van der Waals surface area contributed by atoms with E-state index in [1.54, 1.807) is 24.3 Å². The average molecular weight is 1040 g/mol. The number of benzene rings is 5. The lowest BCUT2D eigenvalue weighted by molar-refractivity contribution is -0.0435. The molecule has 0 bridgehead atoms. The number of alkyl halides is 3. The number of piperidine rings is 1. The number of nitrogens with zero attached hydrogens (tertiary/aromatic N) is 4. The number of likely N-dealkylation sites (tertiary alicyclic amines) is 1. The number of anilines is 4. The highest BCUT2D eigenvalue weighted by atomic mass is 35.5. The first-order valence-corrected chi connectivity index (χ1v) is 27.2. The fourth-order valence-electron chi connectivity index (χ4n) is 8.76. The number of hydrogen-bond acceptors (Lipinski definition) is 10. The molecule has 0 spiro atoms. The molecule has 3 N–H and O–H groups in total. The van der Waals surface area contributed by atoms with E-state index >= 15 is 0 Å². The van der Waals surface area contributed by atoms with Crippen LogP contribution in [0.25, 0.3) is 22.4 Å². The van der Waals surface area contributed by atoms with Gasteiger partial charge in [0.2, 0.25) is 0 Å². The lowest BCUT2D eigenvalue weighted by Crippen LogP contribution is -2.46. The van der Waals surface area contributed by atoms with Crippen LogP contribution in [-0.2, 0) is 26.9 Å². The first-order chi connectivity index (χ1) is 32.9. The maximum Gasteiger partial charge on any atom is 0.501 e. The minimum absolute atomic E-state index is 0.146. The molecule has 0 aliphatic carbocycles. The van der Waals surface area contributed by atoms with Crippen molar-refractivity contribution in [2.45, 2.75) is 58.5 Å². The van der Waals surface area contributed by atoms with Gasteiger partial charge in [-0.3, -0.25) is 4.72 Å².